The van der Waals surface area contributed by atoms with Crippen LogP contribution in [-0.2, 0) is 0 Å². The van der Waals surface area contributed by atoms with Crippen LogP contribution in [0, 0.1) is 6.92 Å². The van der Waals surface area contributed by atoms with E-state index in [1.165, 1.54) is 10.5 Å². The molecule has 0 aromatic heterocycles. The molecule has 1 unspecified atom stereocenters. The second-order valence-electron chi connectivity index (χ2n) is 4.88. The van der Waals surface area contributed by atoms with E-state index in [9.17, 15) is 0 Å². The third-order valence-corrected chi connectivity index (χ3v) is 5.18. The monoisotopic (exact) mass is 339 g/mol. The van der Waals surface area contributed by atoms with Crippen molar-refractivity contribution in [1.82, 2.24) is 5.32 Å². The number of hydrogen-bond acceptors (Lipinski definition) is 2. The zero-order valence-electron chi connectivity index (χ0n) is 12.2. The zero-order valence-corrected chi connectivity index (χ0v) is 14.5. The Morgan fingerprint density at radius 1 is 1.10 bits per heavy atom. The van der Waals surface area contributed by atoms with Crippen LogP contribution in [0.2, 0.25) is 10.0 Å². The molecule has 1 N–H and O–H groups in total. The van der Waals surface area contributed by atoms with E-state index in [0.29, 0.717) is 10.0 Å². The standard InChI is InChI=1S/C17H19Cl2NS/c1-3-20-16(14-5-4-6-15(18)17(14)19)11-21-13-9-7-12(2)8-10-13/h4-10,16,20H,3,11H2,1-2H3. The third kappa shape index (κ3) is 4.65. The van der Waals surface area contributed by atoms with Crippen molar-refractivity contribution in [2.75, 3.05) is 12.3 Å². The summed E-state index contributed by atoms with van der Waals surface area (Å²) in [5, 5.41) is 4.74. The van der Waals surface area contributed by atoms with E-state index in [1.807, 2.05) is 30.0 Å². The summed E-state index contributed by atoms with van der Waals surface area (Å²) in [4.78, 5) is 1.27. The lowest BCUT2D eigenvalue weighted by Gasteiger charge is -2.20. The first kappa shape index (κ1) is 16.7. The van der Waals surface area contributed by atoms with Crippen LogP contribution < -0.4 is 5.32 Å². The van der Waals surface area contributed by atoms with Crippen molar-refractivity contribution >= 4 is 35.0 Å². The van der Waals surface area contributed by atoms with Gasteiger partial charge in [-0.05, 0) is 37.2 Å². The number of rotatable bonds is 6. The Hall–Kier alpha value is -0.670. The molecular weight excluding hydrogens is 321 g/mol. The minimum absolute atomic E-state index is 0.188. The van der Waals surface area contributed by atoms with Crippen LogP contribution in [-0.4, -0.2) is 12.3 Å². The predicted molar refractivity (Wildman–Crippen MR) is 94.8 cm³/mol. The lowest BCUT2D eigenvalue weighted by molar-refractivity contribution is 0.606. The molecule has 0 aliphatic rings. The summed E-state index contributed by atoms with van der Waals surface area (Å²) in [6.45, 7) is 5.09. The van der Waals surface area contributed by atoms with E-state index in [2.05, 4.69) is 43.4 Å². The first-order valence-corrected chi connectivity index (χ1v) is 8.72. The SMILES string of the molecule is CCNC(CSc1ccc(C)cc1)c1cccc(Cl)c1Cl. The maximum atomic E-state index is 6.35. The molecule has 0 saturated carbocycles. The van der Waals surface area contributed by atoms with E-state index >= 15 is 0 Å². The molecule has 2 rings (SSSR count). The normalized spacial score (nSPS) is 12.4. The van der Waals surface area contributed by atoms with Gasteiger partial charge >= 0.3 is 0 Å². The molecule has 2 aromatic carbocycles. The molecule has 112 valence electrons. The first-order chi connectivity index (χ1) is 10.1. The van der Waals surface area contributed by atoms with Gasteiger partial charge in [0.25, 0.3) is 0 Å². The Balaban J connectivity index is 2.12. The maximum absolute atomic E-state index is 6.35. The van der Waals surface area contributed by atoms with E-state index in [4.69, 9.17) is 23.2 Å². The van der Waals surface area contributed by atoms with Gasteiger partial charge in [0.05, 0.1) is 10.0 Å². The zero-order chi connectivity index (χ0) is 15.2. The van der Waals surface area contributed by atoms with Crippen molar-refractivity contribution in [3.8, 4) is 0 Å². The maximum Gasteiger partial charge on any atom is 0.0640 e. The van der Waals surface area contributed by atoms with Crippen LogP contribution in [0.15, 0.2) is 47.4 Å². The highest BCUT2D eigenvalue weighted by Crippen LogP contribution is 2.33. The van der Waals surface area contributed by atoms with Crippen LogP contribution in [0.25, 0.3) is 0 Å². The summed E-state index contributed by atoms with van der Waals surface area (Å²) in [6, 6.07) is 14.6. The van der Waals surface area contributed by atoms with Crippen LogP contribution >= 0.6 is 35.0 Å². The fourth-order valence-corrected chi connectivity index (χ4v) is 3.53. The van der Waals surface area contributed by atoms with Gasteiger partial charge < -0.3 is 5.32 Å². The molecule has 0 bridgehead atoms. The first-order valence-electron chi connectivity index (χ1n) is 6.98. The van der Waals surface area contributed by atoms with Crippen molar-refractivity contribution in [3.63, 3.8) is 0 Å². The summed E-state index contributed by atoms with van der Waals surface area (Å²) < 4.78 is 0. The fourth-order valence-electron chi connectivity index (χ4n) is 2.11. The third-order valence-electron chi connectivity index (χ3n) is 3.25. The average molecular weight is 340 g/mol. The number of aryl methyl sites for hydroxylation is 1. The van der Waals surface area contributed by atoms with E-state index in [1.54, 1.807) is 0 Å². The number of hydrogen-bond donors (Lipinski definition) is 1. The molecule has 1 atom stereocenters. The Morgan fingerprint density at radius 3 is 2.48 bits per heavy atom. The lowest BCUT2D eigenvalue weighted by Crippen LogP contribution is -2.23. The van der Waals surface area contributed by atoms with Gasteiger partial charge in [-0.25, -0.2) is 0 Å². The highest BCUT2D eigenvalue weighted by Gasteiger charge is 2.15. The quantitative estimate of drug-likeness (QED) is 0.673. The molecule has 0 saturated heterocycles. The molecule has 0 spiro atoms. The highest BCUT2D eigenvalue weighted by atomic mass is 35.5. The molecule has 0 aliphatic heterocycles. The van der Waals surface area contributed by atoms with Gasteiger partial charge in [-0.3, -0.25) is 0 Å². The van der Waals surface area contributed by atoms with Gasteiger partial charge in [-0.1, -0.05) is 60.0 Å². The Morgan fingerprint density at radius 2 is 1.81 bits per heavy atom. The summed E-state index contributed by atoms with van der Waals surface area (Å²) in [5.74, 6) is 0.914. The summed E-state index contributed by atoms with van der Waals surface area (Å²) in [5.41, 5.74) is 2.34. The van der Waals surface area contributed by atoms with Crippen LogP contribution in [0.5, 0.6) is 0 Å². The minimum atomic E-state index is 0.188. The largest absolute Gasteiger partial charge is 0.309 e. The number of benzene rings is 2. The van der Waals surface area contributed by atoms with Crippen molar-refractivity contribution < 1.29 is 0 Å². The lowest BCUT2D eigenvalue weighted by atomic mass is 10.1. The number of halogens is 2. The molecule has 1 nitrogen and oxygen atoms in total. The summed E-state index contributed by atoms with van der Waals surface area (Å²) in [7, 11) is 0. The van der Waals surface area contributed by atoms with Gasteiger partial charge in [0.2, 0.25) is 0 Å². The van der Waals surface area contributed by atoms with E-state index < -0.39 is 0 Å². The summed E-state index contributed by atoms with van der Waals surface area (Å²) in [6.07, 6.45) is 0. The van der Waals surface area contributed by atoms with E-state index in [-0.39, 0.29) is 6.04 Å². The average Bonchev–Trinajstić information content (AvgIpc) is 2.48. The smallest absolute Gasteiger partial charge is 0.0640 e. The van der Waals surface area contributed by atoms with Crippen LogP contribution in [0.4, 0.5) is 0 Å². The molecule has 0 aliphatic carbocycles. The van der Waals surface area contributed by atoms with Gasteiger partial charge in [0, 0.05) is 16.7 Å². The molecule has 0 heterocycles. The molecule has 2 aromatic rings. The van der Waals surface area contributed by atoms with Crippen LogP contribution in [0.3, 0.4) is 0 Å². The van der Waals surface area contributed by atoms with Crippen molar-refractivity contribution in [3.05, 3.63) is 63.6 Å². The number of nitrogens with one attached hydrogen (secondary N) is 1. The highest BCUT2D eigenvalue weighted by molar-refractivity contribution is 7.99. The Labute approximate surface area is 141 Å². The second-order valence-corrected chi connectivity index (χ2v) is 6.76. The molecular formula is C17H19Cl2NS. The van der Waals surface area contributed by atoms with Gasteiger partial charge in [-0.2, -0.15) is 0 Å². The van der Waals surface area contributed by atoms with Crippen molar-refractivity contribution in [2.24, 2.45) is 0 Å². The fraction of sp³-hybridized carbons (Fsp3) is 0.294. The molecule has 0 radical (unpaired) electrons. The van der Waals surface area contributed by atoms with Crippen molar-refractivity contribution in [2.45, 2.75) is 24.8 Å². The minimum Gasteiger partial charge on any atom is -0.309 e. The van der Waals surface area contributed by atoms with Crippen LogP contribution in [0.1, 0.15) is 24.1 Å². The Bertz CT molecular complexity index is 584. The second kappa shape index (κ2) is 8.09. The number of thioether (sulfide) groups is 1. The predicted octanol–water partition coefficient (Wildman–Crippen LogP) is 5.74. The molecule has 0 amide bonds. The van der Waals surface area contributed by atoms with Gasteiger partial charge in [0.15, 0.2) is 0 Å². The molecule has 21 heavy (non-hydrogen) atoms. The van der Waals surface area contributed by atoms with E-state index in [0.717, 1.165) is 17.9 Å². The topological polar surface area (TPSA) is 12.0 Å². The van der Waals surface area contributed by atoms with Gasteiger partial charge in [-0.15, -0.1) is 11.8 Å². The Kier molecular flexibility index (Phi) is 6.43. The van der Waals surface area contributed by atoms with Crippen molar-refractivity contribution in [1.29, 1.82) is 0 Å². The molecule has 4 heteroatoms. The summed E-state index contributed by atoms with van der Waals surface area (Å²) >= 11 is 14.3. The van der Waals surface area contributed by atoms with Gasteiger partial charge in [0.1, 0.15) is 0 Å². The molecule has 0 fully saturated rings.